The molecule has 12 heteroatoms. The summed E-state index contributed by atoms with van der Waals surface area (Å²) in [5.41, 5.74) is -2.71. The standard InChI is InChI=1S/C5H8F8N4/c6-14(7)1-5(2-15(8)9,3-16(10)11)4-17(12)13/h1-4H2. The lowest BCUT2D eigenvalue weighted by Gasteiger charge is -2.32. The van der Waals surface area contributed by atoms with Gasteiger partial charge in [0.2, 0.25) is 0 Å². The van der Waals surface area contributed by atoms with Crippen molar-refractivity contribution in [3.63, 3.8) is 0 Å². The maximum absolute atomic E-state index is 11.9. The van der Waals surface area contributed by atoms with E-state index in [1.54, 1.807) is 0 Å². The van der Waals surface area contributed by atoms with Gasteiger partial charge in [0, 0.05) is 26.8 Å². The van der Waals surface area contributed by atoms with Gasteiger partial charge in [-0.25, -0.2) is 0 Å². The first-order valence-electron chi connectivity index (χ1n) is 4.03. The first-order valence-corrected chi connectivity index (χ1v) is 4.03. The van der Waals surface area contributed by atoms with Gasteiger partial charge >= 0.3 is 0 Å². The van der Waals surface area contributed by atoms with E-state index in [0.717, 1.165) is 0 Å². The van der Waals surface area contributed by atoms with Gasteiger partial charge in [0.05, 0.1) is 26.2 Å². The molecule has 0 saturated heterocycles. The third-order valence-corrected chi connectivity index (χ3v) is 1.82. The van der Waals surface area contributed by atoms with E-state index in [4.69, 9.17) is 0 Å². The Balaban J connectivity index is 4.89. The highest BCUT2D eigenvalue weighted by Crippen LogP contribution is 2.26. The van der Waals surface area contributed by atoms with Crippen LogP contribution < -0.4 is 0 Å². The minimum Gasteiger partial charge on any atom is -0.102 e. The van der Waals surface area contributed by atoms with Crippen LogP contribution in [0.5, 0.6) is 0 Å². The molecule has 4 nitrogen and oxygen atoms in total. The number of hydrogen-bond donors (Lipinski definition) is 0. The SMILES string of the molecule is FN(F)CC(CN(F)F)(CN(F)F)CN(F)F. The number of halogens is 8. The molecule has 17 heavy (non-hydrogen) atoms. The molecule has 0 saturated carbocycles. The van der Waals surface area contributed by atoms with Crippen LogP contribution >= 0.6 is 0 Å². The molecule has 0 heterocycles. The first-order chi connectivity index (χ1) is 7.67. The third-order valence-electron chi connectivity index (χ3n) is 1.82. The van der Waals surface area contributed by atoms with E-state index in [1.165, 1.54) is 0 Å². The van der Waals surface area contributed by atoms with Gasteiger partial charge in [0.15, 0.2) is 0 Å². The minimum absolute atomic E-state index is 1.66. The fourth-order valence-electron chi connectivity index (χ4n) is 1.31. The average Bonchev–Trinajstić information content (AvgIpc) is 1.95. The minimum atomic E-state index is -2.71. The van der Waals surface area contributed by atoms with E-state index in [9.17, 15) is 35.9 Å². The lowest BCUT2D eigenvalue weighted by atomic mass is 9.88. The maximum Gasteiger partial charge on any atom is 0.0719 e. The van der Waals surface area contributed by atoms with Crippen molar-refractivity contribution in [2.24, 2.45) is 5.41 Å². The molecule has 0 aromatic carbocycles. The number of nitrogens with zero attached hydrogens (tertiary/aromatic N) is 4. The Labute approximate surface area is 90.0 Å². The van der Waals surface area contributed by atoms with Crippen molar-refractivity contribution in [2.75, 3.05) is 26.2 Å². The molecule has 0 aliphatic heterocycles. The van der Waals surface area contributed by atoms with Crippen LogP contribution in [0.2, 0.25) is 0 Å². The fourth-order valence-corrected chi connectivity index (χ4v) is 1.31. The third kappa shape index (κ3) is 7.25. The van der Waals surface area contributed by atoms with Gasteiger partial charge in [-0.3, -0.25) is 0 Å². The highest BCUT2D eigenvalue weighted by Gasteiger charge is 2.41. The van der Waals surface area contributed by atoms with Crippen molar-refractivity contribution in [1.82, 2.24) is 21.4 Å². The van der Waals surface area contributed by atoms with E-state index in [-0.39, 0.29) is 0 Å². The van der Waals surface area contributed by atoms with Crippen molar-refractivity contribution >= 4 is 0 Å². The quantitative estimate of drug-likeness (QED) is 0.498. The zero-order valence-corrected chi connectivity index (χ0v) is 8.14. The molecule has 0 fully saturated rings. The zero-order valence-electron chi connectivity index (χ0n) is 8.14. The molecule has 0 aromatic rings. The van der Waals surface area contributed by atoms with Crippen LogP contribution in [-0.4, -0.2) is 47.6 Å². The van der Waals surface area contributed by atoms with Gasteiger partial charge in [-0.2, -0.15) is 0 Å². The maximum atomic E-state index is 11.9. The van der Waals surface area contributed by atoms with Gasteiger partial charge in [-0.05, 0) is 0 Å². The van der Waals surface area contributed by atoms with Crippen molar-refractivity contribution < 1.29 is 35.9 Å². The van der Waals surface area contributed by atoms with Gasteiger partial charge in [-0.15, -0.1) is 35.9 Å². The molecule has 104 valence electrons. The smallest absolute Gasteiger partial charge is 0.0719 e. The van der Waals surface area contributed by atoms with Crippen LogP contribution in [-0.2, 0) is 0 Å². The Kier molecular flexibility index (Phi) is 6.59. The Morgan fingerprint density at radius 2 is 0.647 bits per heavy atom. The summed E-state index contributed by atoms with van der Waals surface area (Å²) in [5.74, 6) is 0. The zero-order chi connectivity index (χ0) is 13.6. The molecular weight excluding hydrogens is 268 g/mol. The van der Waals surface area contributed by atoms with Crippen LogP contribution in [0.3, 0.4) is 0 Å². The van der Waals surface area contributed by atoms with Crippen LogP contribution in [0, 0.1) is 5.41 Å². The van der Waals surface area contributed by atoms with E-state index < -0.39 is 53.0 Å². The number of hydrogen-bond acceptors (Lipinski definition) is 4. The monoisotopic (exact) mass is 276 g/mol. The fraction of sp³-hybridized carbons (Fsp3) is 1.00. The molecule has 0 unspecified atom stereocenters. The summed E-state index contributed by atoms with van der Waals surface area (Å²) >= 11 is 0. The molecule has 0 atom stereocenters. The molecule has 0 rings (SSSR count). The summed E-state index contributed by atoms with van der Waals surface area (Å²) in [4.78, 5) is 0. The summed E-state index contributed by atoms with van der Waals surface area (Å²) in [7, 11) is 0. The largest absolute Gasteiger partial charge is 0.102 e. The Hall–Kier alpha value is -0.720. The van der Waals surface area contributed by atoms with Crippen LogP contribution in [0.15, 0.2) is 0 Å². The van der Waals surface area contributed by atoms with E-state index in [2.05, 4.69) is 0 Å². The Bertz CT molecular complexity index is 167. The lowest BCUT2D eigenvalue weighted by molar-refractivity contribution is -0.264. The van der Waals surface area contributed by atoms with Gasteiger partial charge in [0.25, 0.3) is 0 Å². The Morgan fingerprint density at radius 3 is 0.765 bits per heavy atom. The summed E-state index contributed by atoms with van der Waals surface area (Å²) < 4.78 is 95.4. The van der Waals surface area contributed by atoms with Gasteiger partial charge in [0.1, 0.15) is 0 Å². The van der Waals surface area contributed by atoms with Crippen LogP contribution in [0.4, 0.5) is 35.9 Å². The molecule has 0 radical (unpaired) electrons. The van der Waals surface area contributed by atoms with Crippen LogP contribution in [0.1, 0.15) is 0 Å². The van der Waals surface area contributed by atoms with E-state index in [0.29, 0.717) is 0 Å². The second-order valence-corrected chi connectivity index (χ2v) is 3.34. The predicted octanol–water partition coefficient (Wildman–Crippen LogP) is 2.26. The summed E-state index contributed by atoms with van der Waals surface area (Å²) in [5, 5.41) is -6.79. The molecule has 0 aromatic heterocycles. The molecule has 0 aliphatic rings. The predicted molar refractivity (Wildman–Crippen MR) is 38.1 cm³/mol. The highest BCUT2D eigenvalue weighted by atomic mass is 19.4. The highest BCUT2D eigenvalue weighted by molar-refractivity contribution is 4.84. The molecular formula is C5H8F8N4. The van der Waals surface area contributed by atoms with Crippen molar-refractivity contribution in [1.29, 1.82) is 0 Å². The summed E-state index contributed by atoms with van der Waals surface area (Å²) in [6.07, 6.45) is 0. The van der Waals surface area contributed by atoms with E-state index >= 15 is 0 Å². The number of rotatable bonds is 8. The van der Waals surface area contributed by atoms with Crippen molar-refractivity contribution in [3.8, 4) is 0 Å². The average molecular weight is 276 g/mol. The van der Waals surface area contributed by atoms with Gasteiger partial charge in [-0.1, -0.05) is 0 Å². The van der Waals surface area contributed by atoms with Crippen molar-refractivity contribution in [2.45, 2.75) is 0 Å². The lowest BCUT2D eigenvalue weighted by Crippen LogP contribution is -2.49. The van der Waals surface area contributed by atoms with Crippen LogP contribution in [0.25, 0.3) is 0 Å². The van der Waals surface area contributed by atoms with Crippen molar-refractivity contribution in [3.05, 3.63) is 0 Å². The second kappa shape index (κ2) is 6.88. The molecule has 0 amide bonds. The molecule has 0 bridgehead atoms. The van der Waals surface area contributed by atoms with E-state index in [1.807, 2.05) is 0 Å². The summed E-state index contributed by atoms with van der Waals surface area (Å²) in [6.45, 7) is -6.64. The molecule has 0 aliphatic carbocycles. The topological polar surface area (TPSA) is 13.0 Å². The first kappa shape index (κ1) is 16.3. The summed E-state index contributed by atoms with van der Waals surface area (Å²) in [6, 6.07) is 0. The molecule has 0 N–H and O–H groups in total. The molecule has 0 spiro atoms. The second-order valence-electron chi connectivity index (χ2n) is 3.34. The normalized spacial score (nSPS) is 13.4. The Morgan fingerprint density at radius 1 is 0.471 bits per heavy atom. The van der Waals surface area contributed by atoms with Gasteiger partial charge < -0.3 is 0 Å².